The minimum absolute atomic E-state index is 0.230. The second-order valence-electron chi connectivity index (χ2n) is 6.79. The van der Waals surface area contributed by atoms with Crippen LogP contribution in [-0.2, 0) is 15.8 Å². The third kappa shape index (κ3) is 2.93. The number of alkyl halides is 3. The number of hydrogen-bond donors (Lipinski definition) is 3. The lowest BCUT2D eigenvalue weighted by Crippen LogP contribution is -2.18. The number of benzene rings is 1. The molecule has 1 aromatic heterocycles. The van der Waals surface area contributed by atoms with Crippen LogP contribution < -0.4 is 5.32 Å². The van der Waals surface area contributed by atoms with Crippen molar-refractivity contribution in [1.29, 1.82) is 0 Å². The average molecular weight is 367 g/mol. The minimum atomic E-state index is -4.69. The number of carbonyl (C=O) groups excluding carboxylic acids is 1. The predicted octanol–water partition coefficient (Wildman–Crippen LogP) is 3.39. The van der Waals surface area contributed by atoms with Gasteiger partial charge in [-0.25, -0.2) is 0 Å². The second-order valence-corrected chi connectivity index (χ2v) is 6.79. The first-order valence-corrected chi connectivity index (χ1v) is 7.79. The molecule has 0 radical (unpaired) electrons. The number of carbonyl (C=O) groups is 2. The van der Waals surface area contributed by atoms with E-state index < -0.39 is 41.0 Å². The summed E-state index contributed by atoms with van der Waals surface area (Å²) in [6, 6.07) is 7.73. The quantitative estimate of drug-likeness (QED) is 0.772. The molecule has 0 spiro atoms. The van der Waals surface area contributed by atoms with Gasteiger partial charge >= 0.3 is 12.1 Å². The number of aromatic nitrogens is 2. The highest BCUT2D eigenvalue weighted by atomic mass is 19.4. The van der Waals surface area contributed by atoms with Crippen molar-refractivity contribution in [1.82, 2.24) is 10.2 Å². The van der Waals surface area contributed by atoms with Gasteiger partial charge in [-0.3, -0.25) is 14.7 Å². The van der Waals surface area contributed by atoms with Gasteiger partial charge in [0.15, 0.2) is 5.82 Å². The molecular weight excluding hydrogens is 351 g/mol. The summed E-state index contributed by atoms with van der Waals surface area (Å²) in [5, 5.41) is 17.1. The Balaban J connectivity index is 1.96. The summed E-state index contributed by atoms with van der Waals surface area (Å²) in [6.45, 7) is 3.25. The van der Waals surface area contributed by atoms with Crippen LogP contribution in [0.3, 0.4) is 0 Å². The lowest BCUT2D eigenvalue weighted by molar-refractivity contribution is -0.141. The Kier molecular flexibility index (Phi) is 4.05. The molecule has 1 aliphatic rings. The maximum atomic E-state index is 13.3. The number of nitrogens with one attached hydrogen (secondary N) is 2. The van der Waals surface area contributed by atoms with Crippen molar-refractivity contribution in [3.63, 3.8) is 0 Å². The van der Waals surface area contributed by atoms with Crippen LogP contribution in [0.5, 0.6) is 0 Å². The maximum absolute atomic E-state index is 13.3. The topological polar surface area (TPSA) is 95.1 Å². The first kappa shape index (κ1) is 18.0. The van der Waals surface area contributed by atoms with Crippen LogP contribution in [0.25, 0.3) is 11.1 Å². The summed E-state index contributed by atoms with van der Waals surface area (Å²) >= 11 is 0. The number of aromatic amines is 1. The highest BCUT2D eigenvalue weighted by Gasteiger charge is 2.66. The molecule has 0 unspecified atom stereocenters. The highest BCUT2D eigenvalue weighted by Crippen LogP contribution is 2.58. The molecule has 1 aromatic carbocycles. The average Bonchev–Trinajstić information content (AvgIpc) is 2.90. The summed E-state index contributed by atoms with van der Waals surface area (Å²) in [5.41, 5.74) is -1.90. The van der Waals surface area contributed by atoms with Crippen molar-refractivity contribution in [2.75, 3.05) is 5.32 Å². The molecular formula is C17H16F3N3O3. The van der Waals surface area contributed by atoms with Gasteiger partial charge < -0.3 is 10.4 Å². The Hall–Kier alpha value is -2.84. The number of H-pyrrole nitrogens is 1. The van der Waals surface area contributed by atoms with Gasteiger partial charge in [0.2, 0.25) is 5.91 Å². The fourth-order valence-corrected chi connectivity index (χ4v) is 3.31. The SMILES string of the molecule is CC1(C)[C@@H](C(=O)O)[C@@H]1C(=O)Nc1n[nH]c(C(F)(F)F)c1-c1ccccc1. The van der Waals surface area contributed by atoms with Gasteiger partial charge in [-0.15, -0.1) is 0 Å². The van der Waals surface area contributed by atoms with E-state index in [0.717, 1.165) is 0 Å². The number of rotatable bonds is 4. The smallest absolute Gasteiger partial charge is 0.433 e. The number of anilines is 1. The van der Waals surface area contributed by atoms with E-state index >= 15 is 0 Å². The van der Waals surface area contributed by atoms with Crippen LogP contribution in [0, 0.1) is 17.3 Å². The van der Waals surface area contributed by atoms with Gasteiger partial charge in [0.1, 0.15) is 5.69 Å². The van der Waals surface area contributed by atoms with Crippen molar-refractivity contribution in [2.45, 2.75) is 20.0 Å². The Labute approximate surface area is 146 Å². The molecule has 0 bridgehead atoms. The number of carboxylic acid groups (broad SMARTS) is 1. The van der Waals surface area contributed by atoms with Gasteiger partial charge in [-0.05, 0) is 11.0 Å². The molecule has 1 fully saturated rings. The molecule has 1 amide bonds. The van der Waals surface area contributed by atoms with E-state index in [9.17, 15) is 22.8 Å². The zero-order valence-corrected chi connectivity index (χ0v) is 13.9. The van der Waals surface area contributed by atoms with E-state index in [4.69, 9.17) is 5.11 Å². The van der Waals surface area contributed by atoms with E-state index in [1.54, 1.807) is 32.0 Å². The molecule has 3 N–H and O–H groups in total. The van der Waals surface area contributed by atoms with Crippen LogP contribution in [-0.4, -0.2) is 27.2 Å². The molecule has 138 valence electrons. The number of halogens is 3. The van der Waals surface area contributed by atoms with E-state index in [0.29, 0.717) is 0 Å². The number of nitrogens with zero attached hydrogens (tertiary/aromatic N) is 1. The number of carboxylic acids is 1. The number of aliphatic carboxylic acids is 1. The molecule has 9 heteroatoms. The fraction of sp³-hybridized carbons (Fsp3) is 0.353. The molecule has 26 heavy (non-hydrogen) atoms. The maximum Gasteiger partial charge on any atom is 0.433 e. The second kappa shape index (κ2) is 5.86. The van der Waals surface area contributed by atoms with Gasteiger partial charge in [0.05, 0.1) is 17.4 Å². The molecule has 6 nitrogen and oxygen atoms in total. The lowest BCUT2D eigenvalue weighted by atomic mass is 10.0. The standard InChI is InChI=1S/C17H16F3N3O3/c1-16(2)10(11(16)15(25)26)14(24)21-13-9(8-6-4-3-5-7-8)12(22-23-13)17(18,19)20/h3-7,10-11H,1-2H3,(H,25,26)(H2,21,22,23,24)/t10-,11-/m1/s1. The third-order valence-corrected chi connectivity index (χ3v) is 4.73. The van der Waals surface area contributed by atoms with Crippen LogP contribution >= 0.6 is 0 Å². The summed E-state index contributed by atoms with van der Waals surface area (Å²) in [4.78, 5) is 23.7. The van der Waals surface area contributed by atoms with E-state index in [1.807, 2.05) is 5.10 Å². The zero-order chi connectivity index (χ0) is 19.3. The Morgan fingerprint density at radius 3 is 2.31 bits per heavy atom. The molecule has 2 atom stereocenters. The molecule has 1 aliphatic carbocycles. The van der Waals surface area contributed by atoms with Crippen LogP contribution in [0.2, 0.25) is 0 Å². The summed E-state index contributed by atoms with van der Waals surface area (Å²) < 4.78 is 39.9. The van der Waals surface area contributed by atoms with Crippen LogP contribution in [0.1, 0.15) is 19.5 Å². The predicted molar refractivity (Wildman–Crippen MR) is 86.1 cm³/mol. The first-order valence-electron chi connectivity index (χ1n) is 7.79. The molecule has 1 heterocycles. The fourth-order valence-electron chi connectivity index (χ4n) is 3.31. The van der Waals surface area contributed by atoms with Gasteiger partial charge in [0.25, 0.3) is 0 Å². The molecule has 0 aliphatic heterocycles. The Bertz CT molecular complexity index is 859. The molecule has 2 aromatic rings. The monoisotopic (exact) mass is 367 g/mol. The van der Waals surface area contributed by atoms with E-state index in [-0.39, 0.29) is 16.9 Å². The molecule has 3 rings (SSSR count). The Morgan fingerprint density at radius 1 is 1.19 bits per heavy atom. The molecule has 1 saturated carbocycles. The van der Waals surface area contributed by atoms with Crippen molar-refractivity contribution in [2.24, 2.45) is 17.3 Å². The third-order valence-electron chi connectivity index (χ3n) is 4.73. The van der Waals surface area contributed by atoms with Gasteiger partial charge in [-0.1, -0.05) is 44.2 Å². The van der Waals surface area contributed by atoms with Crippen LogP contribution in [0.4, 0.5) is 19.0 Å². The number of hydrogen-bond acceptors (Lipinski definition) is 3. The normalized spacial score (nSPS) is 21.3. The van der Waals surface area contributed by atoms with Crippen molar-refractivity contribution >= 4 is 17.7 Å². The van der Waals surface area contributed by atoms with Crippen molar-refractivity contribution in [3.8, 4) is 11.1 Å². The lowest BCUT2D eigenvalue weighted by Gasteiger charge is -2.10. The number of amides is 1. The highest BCUT2D eigenvalue weighted by molar-refractivity contribution is 6.01. The van der Waals surface area contributed by atoms with E-state index in [1.165, 1.54) is 12.1 Å². The molecule has 0 saturated heterocycles. The summed E-state index contributed by atoms with van der Waals surface area (Å²) in [7, 11) is 0. The zero-order valence-electron chi connectivity index (χ0n) is 13.9. The summed E-state index contributed by atoms with van der Waals surface area (Å²) in [6.07, 6.45) is -4.69. The van der Waals surface area contributed by atoms with Gasteiger partial charge in [0, 0.05) is 0 Å². The van der Waals surface area contributed by atoms with E-state index in [2.05, 4.69) is 10.4 Å². The summed E-state index contributed by atoms with van der Waals surface area (Å²) in [5.74, 6) is -3.78. The minimum Gasteiger partial charge on any atom is -0.481 e. The largest absolute Gasteiger partial charge is 0.481 e. The Morgan fingerprint density at radius 2 is 1.81 bits per heavy atom. The van der Waals surface area contributed by atoms with Crippen LogP contribution in [0.15, 0.2) is 30.3 Å². The van der Waals surface area contributed by atoms with Gasteiger partial charge in [-0.2, -0.15) is 18.3 Å². The van der Waals surface area contributed by atoms with Crippen molar-refractivity contribution < 1.29 is 27.9 Å². The first-order chi connectivity index (χ1) is 12.0. The van der Waals surface area contributed by atoms with Crippen molar-refractivity contribution in [3.05, 3.63) is 36.0 Å².